The zero-order valence-electron chi connectivity index (χ0n) is 8.40. The lowest BCUT2D eigenvalue weighted by Crippen LogP contribution is -2.58. The van der Waals surface area contributed by atoms with Crippen LogP contribution in [0.4, 0.5) is 0 Å². The maximum Gasteiger partial charge on any atom is 1.00 e. The molecule has 0 atom stereocenters. The van der Waals surface area contributed by atoms with Gasteiger partial charge in [-0.1, -0.05) is 0 Å². The van der Waals surface area contributed by atoms with E-state index >= 15 is 0 Å². The molecule has 10 heavy (non-hydrogen) atoms. The third kappa shape index (κ3) is 0.867. The van der Waals surface area contributed by atoms with Crippen LogP contribution < -0.4 is 11.5 Å². The standard InChI is InChI=1S/C8H16N2/c9-7-1-2-8(10,5-3-7)6-4-7/h1-6,9-10H2/p+2. The molecule has 4 N–H and O–H groups in total. The Balaban J connectivity index is 0.000000605. The van der Waals surface area contributed by atoms with E-state index in [1.165, 1.54) is 0 Å². The minimum absolute atomic E-state index is 0. The summed E-state index contributed by atoms with van der Waals surface area (Å²) in [4.78, 5) is 0. The summed E-state index contributed by atoms with van der Waals surface area (Å²) < 4.78 is 0. The van der Waals surface area contributed by atoms with Crippen molar-refractivity contribution < 1.29 is 2.85 Å². The molecule has 3 fully saturated rings. The Morgan fingerprint density at radius 2 is 0.900 bits per heavy atom. The first kappa shape index (κ1) is 6.62. The zero-order chi connectivity index (χ0) is 7.24. The van der Waals surface area contributed by atoms with Gasteiger partial charge in [-0.05, 0) is 38.5 Å². The van der Waals surface area contributed by atoms with Crippen LogP contribution in [0.2, 0.25) is 0 Å². The topological polar surface area (TPSA) is 52.0 Å². The van der Waals surface area contributed by atoms with Crippen molar-refractivity contribution in [3.05, 3.63) is 0 Å². The van der Waals surface area contributed by atoms with Crippen molar-refractivity contribution in [3.8, 4) is 0 Å². The van der Waals surface area contributed by atoms with Crippen LogP contribution in [0, 0.1) is 0 Å². The highest BCUT2D eigenvalue weighted by atomic mass is 14.8. The van der Waals surface area contributed by atoms with Gasteiger partial charge in [0.25, 0.3) is 0 Å². The highest BCUT2D eigenvalue weighted by Crippen LogP contribution is 2.43. The lowest BCUT2D eigenvalue weighted by molar-refractivity contribution is 0.112. The lowest BCUT2D eigenvalue weighted by Gasteiger charge is -2.49. The number of hydrogen-bond donors (Lipinski definition) is 2. The second kappa shape index (κ2) is 1.74. The SMILES string of the molecule is NC12CCC(N)(CC1)CC2.[H+].[H+]. The predicted octanol–water partition coefficient (Wildman–Crippen LogP) is 0.974. The molecular formula is C8H18N2+2. The fourth-order valence-corrected chi connectivity index (χ4v) is 2.24. The largest absolute Gasteiger partial charge is 1.00 e. The average molecular weight is 142 g/mol. The molecule has 0 spiro atoms. The van der Waals surface area contributed by atoms with Gasteiger partial charge in [0.05, 0.1) is 0 Å². The van der Waals surface area contributed by atoms with Gasteiger partial charge < -0.3 is 11.5 Å². The molecule has 2 nitrogen and oxygen atoms in total. The summed E-state index contributed by atoms with van der Waals surface area (Å²) in [6.45, 7) is 0. The molecule has 0 aliphatic heterocycles. The maximum atomic E-state index is 6.10. The molecule has 3 aliphatic carbocycles. The average Bonchev–Trinajstić information content (AvgIpc) is 1.93. The summed E-state index contributed by atoms with van der Waals surface area (Å²) in [6.07, 6.45) is 6.94. The van der Waals surface area contributed by atoms with E-state index in [-0.39, 0.29) is 13.9 Å². The van der Waals surface area contributed by atoms with E-state index in [0.29, 0.717) is 0 Å². The van der Waals surface area contributed by atoms with E-state index in [0.717, 1.165) is 38.5 Å². The lowest BCUT2D eigenvalue weighted by atomic mass is 9.62. The van der Waals surface area contributed by atoms with E-state index in [1.54, 1.807) is 0 Å². The molecule has 2 bridgehead atoms. The van der Waals surface area contributed by atoms with E-state index in [4.69, 9.17) is 11.5 Å². The monoisotopic (exact) mass is 142 g/mol. The molecule has 3 saturated carbocycles. The number of rotatable bonds is 0. The van der Waals surface area contributed by atoms with Gasteiger partial charge in [-0.15, -0.1) is 0 Å². The maximum absolute atomic E-state index is 6.10. The molecule has 0 radical (unpaired) electrons. The van der Waals surface area contributed by atoms with E-state index in [9.17, 15) is 0 Å². The summed E-state index contributed by atoms with van der Waals surface area (Å²) in [7, 11) is 0. The quantitative estimate of drug-likeness (QED) is 0.529. The molecular weight excluding hydrogens is 124 g/mol. The minimum atomic E-state index is 0. The highest BCUT2D eigenvalue weighted by molar-refractivity contribution is 5.05. The number of fused-ring (bicyclic) bond motifs is 3. The van der Waals surface area contributed by atoms with Gasteiger partial charge in [-0.2, -0.15) is 0 Å². The van der Waals surface area contributed by atoms with Gasteiger partial charge >= 0.3 is 2.85 Å². The predicted molar refractivity (Wildman–Crippen MR) is 43.8 cm³/mol. The van der Waals surface area contributed by atoms with E-state index in [2.05, 4.69) is 0 Å². The number of hydrogen-bond acceptors (Lipinski definition) is 2. The Labute approximate surface area is 64.9 Å². The van der Waals surface area contributed by atoms with Crippen molar-refractivity contribution in [2.45, 2.75) is 49.6 Å². The van der Waals surface area contributed by atoms with E-state index in [1.807, 2.05) is 0 Å². The summed E-state index contributed by atoms with van der Waals surface area (Å²) in [6, 6.07) is 0. The zero-order valence-corrected chi connectivity index (χ0v) is 6.40. The molecule has 0 aromatic heterocycles. The summed E-state index contributed by atoms with van der Waals surface area (Å²) >= 11 is 0. The van der Waals surface area contributed by atoms with Crippen LogP contribution in [0.1, 0.15) is 41.4 Å². The Hall–Kier alpha value is -0.0800. The Bertz CT molecular complexity index is 119. The molecule has 2 heteroatoms. The molecule has 0 unspecified atom stereocenters. The number of nitrogens with two attached hydrogens (primary N) is 2. The van der Waals surface area contributed by atoms with Crippen molar-refractivity contribution in [2.75, 3.05) is 0 Å². The molecule has 0 aromatic carbocycles. The first-order valence-electron chi connectivity index (χ1n) is 4.20. The second-order valence-corrected chi connectivity index (χ2v) is 4.22. The second-order valence-electron chi connectivity index (χ2n) is 4.22. The van der Waals surface area contributed by atoms with Crippen molar-refractivity contribution in [3.63, 3.8) is 0 Å². The van der Waals surface area contributed by atoms with Crippen LogP contribution in [0.25, 0.3) is 0 Å². The van der Waals surface area contributed by atoms with E-state index < -0.39 is 0 Å². The molecule has 0 heterocycles. The van der Waals surface area contributed by atoms with Crippen LogP contribution in [-0.2, 0) is 0 Å². The van der Waals surface area contributed by atoms with Crippen LogP contribution in [0.3, 0.4) is 0 Å². The van der Waals surface area contributed by atoms with Crippen LogP contribution in [-0.4, -0.2) is 11.1 Å². The summed E-state index contributed by atoms with van der Waals surface area (Å²) in [5.74, 6) is 0. The normalized spacial score (nSPS) is 53.4. The minimum Gasteiger partial charge on any atom is -0.325 e. The molecule has 58 valence electrons. The Kier molecular flexibility index (Phi) is 1.15. The van der Waals surface area contributed by atoms with Gasteiger partial charge in [-0.25, -0.2) is 0 Å². The van der Waals surface area contributed by atoms with Gasteiger partial charge in [0, 0.05) is 11.1 Å². The Morgan fingerprint density at radius 1 is 0.700 bits per heavy atom. The van der Waals surface area contributed by atoms with Crippen LogP contribution in [0.15, 0.2) is 0 Å². The third-order valence-electron chi connectivity index (χ3n) is 3.36. The van der Waals surface area contributed by atoms with Crippen LogP contribution >= 0.6 is 0 Å². The Morgan fingerprint density at radius 3 is 1.10 bits per heavy atom. The van der Waals surface area contributed by atoms with Crippen molar-refractivity contribution in [2.24, 2.45) is 11.5 Å². The fourth-order valence-electron chi connectivity index (χ4n) is 2.24. The van der Waals surface area contributed by atoms with Crippen LogP contribution in [0.5, 0.6) is 0 Å². The third-order valence-corrected chi connectivity index (χ3v) is 3.36. The van der Waals surface area contributed by atoms with Gasteiger partial charge in [0.2, 0.25) is 0 Å². The molecule has 3 aliphatic rings. The molecule has 0 amide bonds. The van der Waals surface area contributed by atoms with Crippen molar-refractivity contribution in [1.82, 2.24) is 0 Å². The highest BCUT2D eigenvalue weighted by Gasteiger charge is 2.44. The molecule has 0 saturated heterocycles. The van der Waals surface area contributed by atoms with Crippen molar-refractivity contribution in [1.29, 1.82) is 0 Å². The van der Waals surface area contributed by atoms with Gasteiger partial charge in [0.15, 0.2) is 0 Å². The van der Waals surface area contributed by atoms with Gasteiger partial charge in [0.1, 0.15) is 0 Å². The first-order valence-corrected chi connectivity index (χ1v) is 4.20. The fraction of sp³-hybridized carbons (Fsp3) is 1.00. The summed E-state index contributed by atoms with van der Waals surface area (Å²) in [5, 5.41) is 0. The molecule has 3 rings (SSSR count). The van der Waals surface area contributed by atoms with Gasteiger partial charge in [-0.3, -0.25) is 0 Å². The smallest absolute Gasteiger partial charge is 0.325 e. The molecule has 0 aromatic rings. The summed E-state index contributed by atoms with van der Waals surface area (Å²) in [5.41, 5.74) is 12.6. The van der Waals surface area contributed by atoms with Crippen molar-refractivity contribution >= 4 is 0 Å². The first-order chi connectivity index (χ1) is 4.62.